The maximum atomic E-state index is 10.6. The number of benzene rings is 1. The summed E-state index contributed by atoms with van der Waals surface area (Å²) in [4.78, 5) is 10.6. The molecule has 15 heavy (non-hydrogen) atoms. The Morgan fingerprint density at radius 3 is 2.27 bits per heavy atom. The molecule has 0 aliphatic carbocycles. The zero-order valence-electron chi connectivity index (χ0n) is 7.05. The number of aromatic carboxylic acids is 1. The van der Waals surface area contributed by atoms with Crippen LogP contribution in [0.15, 0.2) is 24.3 Å². The van der Waals surface area contributed by atoms with Crippen LogP contribution in [0, 0.1) is 0 Å². The van der Waals surface area contributed by atoms with Crippen molar-refractivity contribution in [3.8, 4) is 5.75 Å². The van der Waals surface area contributed by atoms with Gasteiger partial charge in [-0.15, -0.1) is 0 Å². The number of hydrogen-bond acceptors (Lipinski definition) is 4. The molecule has 0 aliphatic rings. The van der Waals surface area contributed by atoms with Crippen LogP contribution in [0.2, 0.25) is 0 Å². The molecular weight excluding hydrogens is 276 g/mol. The Morgan fingerprint density at radius 1 is 1.27 bits per heavy atom. The number of rotatable bonds is 3. The molecule has 0 spiro atoms. The minimum Gasteiger partial charge on any atom is -0.478 e. The van der Waals surface area contributed by atoms with E-state index >= 15 is 0 Å². The number of carbonyl (C=O) groups is 1. The van der Waals surface area contributed by atoms with E-state index in [0.29, 0.717) is 0 Å². The van der Waals surface area contributed by atoms with Crippen LogP contribution in [0.25, 0.3) is 0 Å². The molecule has 0 unspecified atom stereocenters. The maximum Gasteiger partial charge on any atom is 0.446 e. The van der Waals surface area contributed by atoms with E-state index in [2.05, 4.69) is 4.18 Å². The average molecular weight is 282 g/mol. The van der Waals surface area contributed by atoms with Gasteiger partial charge in [-0.25, -0.2) is 4.79 Å². The monoisotopic (exact) mass is 281 g/mol. The van der Waals surface area contributed by atoms with Crippen LogP contribution in [-0.2, 0) is 27.5 Å². The molecule has 1 radical (unpaired) electrons. The van der Waals surface area contributed by atoms with Gasteiger partial charge in [-0.05, 0) is 12.1 Å². The van der Waals surface area contributed by atoms with E-state index in [0.717, 1.165) is 12.1 Å². The normalized spacial score (nSPS) is 10.2. The number of carboxylic acids is 1. The predicted octanol–water partition coefficient (Wildman–Crippen LogP) is 0.564. The Balaban J connectivity index is 0.00000196. The molecule has 1 aromatic rings. The number of carboxylic acid groups (broad SMARTS) is 1. The van der Waals surface area contributed by atoms with Crippen molar-refractivity contribution in [2.24, 2.45) is 0 Å². The average Bonchev–Trinajstić information content (AvgIpc) is 2.01. The zero-order valence-corrected chi connectivity index (χ0v) is 8.80. The van der Waals surface area contributed by atoms with Gasteiger partial charge < -0.3 is 9.29 Å². The quantitative estimate of drug-likeness (QED) is 0.620. The summed E-state index contributed by atoms with van der Waals surface area (Å²) in [6.45, 7) is 0. The number of para-hydroxylation sites is 1. The first kappa shape index (κ1) is 13.9. The van der Waals surface area contributed by atoms with Gasteiger partial charge in [0.1, 0.15) is 5.56 Å². The van der Waals surface area contributed by atoms with E-state index in [-0.39, 0.29) is 22.6 Å². The topological polar surface area (TPSA) is 101 Å². The molecule has 0 aromatic heterocycles. The second-order valence-corrected chi connectivity index (χ2v) is 3.33. The van der Waals surface area contributed by atoms with E-state index in [9.17, 15) is 13.2 Å². The van der Waals surface area contributed by atoms with E-state index in [1.165, 1.54) is 12.1 Å². The van der Waals surface area contributed by atoms with Gasteiger partial charge in [0.15, 0.2) is 5.75 Å². The minimum absolute atomic E-state index is 0. The third-order valence-electron chi connectivity index (χ3n) is 1.31. The fourth-order valence-corrected chi connectivity index (χ4v) is 1.20. The van der Waals surface area contributed by atoms with Gasteiger partial charge >= 0.3 is 16.4 Å². The fraction of sp³-hybridized carbons (Fsp3) is 0. The molecule has 0 amide bonds. The van der Waals surface area contributed by atoms with Gasteiger partial charge in [-0.3, -0.25) is 4.55 Å². The fourth-order valence-electron chi connectivity index (χ4n) is 0.829. The maximum absolute atomic E-state index is 10.6. The summed E-state index contributed by atoms with van der Waals surface area (Å²) in [7, 11) is -4.70. The van der Waals surface area contributed by atoms with E-state index in [4.69, 9.17) is 9.66 Å². The molecule has 2 N–H and O–H groups in total. The summed E-state index contributed by atoms with van der Waals surface area (Å²) in [6.07, 6.45) is 0. The molecule has 0 bridgehead atoms. The summed E-state index contributed by atoms with van der Waals surface area (Å²) >= 11 is 0. The molecule has 8 heteroatoms. The van der Waals surface area contributed by atoms with Crippen molar-refractivity contribution >= 4 is 16.4 Å². The Kier molecular flexibility index (Phi) is 4.76. The third-order valence-corrected chi connectivity index (χ3v) is 1.70. The van der Waals surface area contributed by atoms with Gasteiger partial charge in [0.2, 0.25) is 0 Å². The molecule has 87 valence electrons. The zero-order chi connectivity index (χ0) is 10.8. The van der Waals surface area contributed by atoms with Crippen LogP contribution >= 0.6 is 0 Å². The Morgan fingerprint density at radius 2 is 1.80 bits per heavy atom. The van der Waals surface area contributed by atoms with Crippen LogP contribution in [0.5, 0.6) is 5.75 Å². The van der Waals surface area contributed by atoms with Gasteiger partial charge in [0.25, 0.3) is 0 Å². The molecule has 0 atom stereocenters. The van der Waals surface area contributed by atoms with Crippen molar-refractivity contribution in [3.63, 3.8) is 0 Å². The van der Waals surface area contributed by atoms with E-state index < -0.39 is 22.1 Å². The third kappa shape index (κ3) is 4.30. The summed E-state index contributed by atoms with van der Waals surface area (Å²) < 4.78 is 33.0. The van der Waals surface area contributed by atoms with Crippen molar-refractivity contribution in [2.45, 2.75) is 0 Å². The molecule has 0 heterocycles. The first-order valence-corrected chi connectivity index (χ1v) is 4.76. The number of hydrogen-bond donors (Lipinski definition) is 2. The van der Waals surface area contributed by atoms with Crippen LogP contribution < -0.4 is 4.18 Å². The molecule has 6 nitrogen and oxygen atoms in total. The molecule has 0 saturated heterocycles. The second-order valence-electron chi connectivity index (χ2n) is 2.31. The van der Waals surface area contributed by atoms with Crippen LogP contribution in [0.3, 0.4) is 0 Å². The molecule has 0 aliphatic heterocycles. The summed E-state index contributed by atoms with van der Waals surface area (Å²) in [5.41, 5.74) is -0.342. The predicted molar refractivity (Wildman–Crippen MR) is 45.6 cm³/mol. The first-order chi connectivity index (χ1) is 6.40. The first-order valence-electron chi connectivity index (χ1n) is 3.39. The van der Waals surface area contributed by atoms with E-state index in [1.54, 1.807) is 0 Å². The minimum atomic E-state index is -4.70. The Hall–Kier alpha value is -1.08. The standard InChI is InChI=1S/C7H6O6S.Cu/c8-7(9)5-3-1-2-4-6(5)13-14(10,11)12;/h1-4H,(H,8,9)(H,10,11,12);. The van der Waals surface area contributed by atoms with Gasteiger partial charge in [-0.1, -0.05) is 12.1 Å². The smallest absolute Gasteiger partial charge is 0.446 e. The summed E-state index contributed by atoms with van der Waals surface area (Å²) in [6, 6.07) is 5.06. The van der Waals surface area contributed by atoms with E-state index in [1.807, 2.05) is 0 Å². The molecular formula is C7H6CuO6S. The Labute approximate surface area is 96.3 Å². The summed E-state index contributed by atoms with van der Waals surface area (Å²) in [5, 5.41) is 8.61. The van der Waals surface area contributed by atoms with Crippen molar-refractivity contribution < 1.29 is 44.1 Å². The largest absolute Gasteiger partial charge is 0.478 e. The van der Waals surface area contributed by atoms with Crippen molar-refractivity contribution in [2.75, 3.05) is 0 Å². The molecule has 1 rings (SSSR count). The summed E-state index contributed by atoms with van der Waals surface area (Å²) in [5.74, 6) is -1.77. The Bertz CT molecular complexity index is 454. The second kappa shape index (κ2) is 5.13. The van der Waals surface area contributed by atoms with Gasteiger partial charge in [-0.2, -0.15) is 8.42 Å². The van der Waals surface area contributed by atoms with Crippen molar-refractivity contribution in [1.29, 1.82) is 0 Å². The van der Waals surface area contributed by atoms with Crippen molar-refractivity contribution in [1.82, 2.24) is 0 Å². The van der Waals surface area contributed by atoms with Gasteiger partial charge in [0, 0.05) is 17.1 Å². The van der Waals surface area contributed by atoms with Crippen LogP contribution in [-0.4, -0.2) is 24.0 Å². The molecule has 0 saturated carbocycles. The van der Waals surface area contributed by atoms with Crippen LogP contribution in [0.4, 0.5) is 0 Å². The van der Waals surface area contributed by atoms with Crippen molar-refractivity contribution in [3.05, 3.63) is 29.8 Å². The molecule has 0 fully saturated rings. The SMILES string of the molecule is O=C(O)c1ccccc1OS(=O)(=O)O.[Cu]. The molecule has 1 aromatic carbocycles. The van der Waals surface area contributed by atoms with Crippen LogP contribution in [0.1, 0.15) is 10.4 Å². The van der Waals surface area contributed by atoms with Gasteiger partial charge in [0.05, 0.1) is 0 Å².